The molecule has 0 aliphatic rings. The first-order chi connectivity index (χ1) is 23.3. The van der Waals surface area contributed by atoms with Crippen molar-refractivity contribution in [2.75, 3.05) is 13.1 Å². The lowest BCUT2D eigenvalue weighted by atomic mass is 10.0. The number of nitrogens with one attached hydrogen (secondary N) is 7. The van der Waals surface area contributed by atoms with Crippen LogP contribution in [0, 0.1) is 5.41 Å². The van der Waals surface area contributed by atoms with Crippen molar-refractivity contribution in [3.63, 3.8) is 0 Å². The lowest BCUT2D eigenvalue weighted by Crippen LogP contribution is -2.58. The Morgan fingerprint density at radius 1 is 0.571 bits per heavy atom. The standard InChI is InChI=1S/C34H49N9O6/c1-22(44)38-18-10-9-16-26(30(35)46)41-33(49)29(21-25-14-7-4-8-15-25)43-31(47)27(17-11-19-39-34(36)37)42-32(48)28(40-23(2)45)20-24-12-5-3-6-13-24/h3-8,12-15,26-29H,9-11,16-21H2,1-2H3,(H2,35,46)(H,38,44)(H,40,45)(H,41,49)(H,42,48)(H,43,47)(H4,36,37,39)/t26-,27+,28-,29-/m0/s1. The summed E-state index contributed by atoms with van der Waals surface area (Å²) >= 11 is 0. The van der Waals surface area contributed by atoms with Gasteiger partial charge < -0.3 is 43.4 Å². The van der Waals surface area contributed by atoms with Crippen LogP contribution >= 0.6 is 0 Å². The number of carbonyl (C=O) groups excluding carboxylic acids is 6. The Morgan fingerprint density at radius 2 is 1.02 bits per heavy atom. The van der Waals surface area contributed by atoms with Gasteiger partial charge in [-0.25, -0.2) is 0 Å². The highest BCUT2D eigenvalue weighted by molar-refractivity contribution is 5.95. The van der Waals surface area contributed by atoms with Gasteiger partial charge in [-0.1, -0.05) is 60.7 Å². The van der Waals surface area contributed by atoms with Gasteiger partial charge in [0.25, 0.3) is 0 Å². The molecular formula is C34H49N9O6. The molecule has 2 aromatic carbocycles. The Kier molecular flexibility index (Phi) is 17.4. The maximum atomic E-state index is 13.8. The Morgan fingerprint density at radius 3 is 1.51 bits per heavy atom. The third-order valence-corrected chi connectivity index (χ3v) is 7.46. The van der Waals surface area contributed by atoms with Gasteiger partial charge in [0.1, 0.15) is 24.2 Å². The average molecular weight is 680 g/mol. The monoisotopic (exact) mass is 679 g/mol. The molecule has 11 N–H and O–H groups in total. The molecule has 0 radical (unpaired) electrons. The fourth-order valence-corrected chi connectivity index (χ4v) is 5.00. The van der Waals surface area contributed by atoms with E-state index in [-0.39, 0.29) is 44.1 Å². The maximum absolute atomic E-state index is 13.8. The summed E-state index contributed by atoms with van der Waals surface area (Å²) in [6, 6.07) is 13.7. The fraction of sp³-hybridized carbons (Fsp3) is 0.441. The summed E-state index contributed by atoms with van der Waals surface area (Å²) in [7, 11) is 0. The van der Waals surface area contributed by atoms with E-state index in [4.69, 9.17) is 16.9 Å². The number of amides is 6. The van der Waals surface area contributed by atoms with Crippen LogP contribution in [0.3, 0.4) is 0 Å². The molecule has 0 spiro atoms. The van der Waals surface area contributed by atoms with Crippen LogP contribution in [0.4, 0.5) is 0 Å². The van der Waals surface area contributed by atoms with Gasteiger partial charge in [0, 0.05) is 39.8 Å². The van der Waals surface area contributed by atoms with Crippen molar-refractivity contribution in [2.24, 2.45) is 11.5 Å². The number of nitrogens with two attached hydrogens (primary N) is 2. The number of benzene rings is 2. The van der Waals surface area contributed by atoms with Gasteiger partial charge in [0.15, 0.2) is 5.96 Å². The number of hydrogen-bond donors (Lipinski definition) is 9. The summed E-state index contributed by atoms with van der Waals surface area (Å²) < 4.78 is 0. The Bertz CT molecular complexity index is 1410. The molecule has 0 saturated carbocycles. The minimum atomic E-state index is -1.15. The van der Waals surface area contributed by atoms with Gasteiger partial charge in [0.05, 0.1) is 0 Å². The molecular weight excluding hydrogens is 630 g/mol. The highest BCUT2D eigenvalue weighted by Crippen LogP contribution is 2.09. The summed E-state index contributed by atoms with van der Waals surface area (Å²) in [6.07, 6.45) is 1.94. The summed E-state index contributed by atoms with van der Waals surface area (Å²) in [5.41, 5.74) is 12.5. The molecule has 6 amide bonds. The zero-order valence-electron chi connectivity index (χ0n) is 28.1. The van der Waals surface area contributed by atoms with Crippen LogP contribution < -0.4 is 43.4 Å². The molecule has 0 unspecified atom stereocenters. The number of hydrogen-bond acceptors (Lipinski definition) is 7. The van der Waals surface area contributed by atoms with Gasteiger partial charge in [-0.2, -0.15) is 0 Å². The number of carbonyl (C=O) groups is 6. The second-order valence-corrected chi connectivity index (χ2v) is 11.7. The minimum absolute atomic E-state index is 0.0709. The van der Waals surface area contributed by atoms with Crippen LogP contribution in [0.2, 0.25) is 0 Å². The van der Waals surface area contributed by atoms with Gasteiger partial charge in [-0.15, -0.1) is 0 Å². The van der Waals surface area contributed by atoms with Crippen LogP contribution in [-0.2, 0) is 41.6 Å². The minimum Gasteiger partial charge on any atom is -0.370 e. The molecule has 0 heterocycles. The molecule has 15 heteroatoms. The normalized spacial score (nSPS) is 13.0. The number of primary amides is 1. The van der Waals surface area contributed by atoms with E-state index < -0.39 is 53.7 Å². The molecule has 4 atom stereocenters. The largest absolute Gasteiger partial charge is 0.370 e. The summed E-state index contributed by atoms with van der Waals surface area (Å²) in [5, 5.41) is 23.5. The van der Waals surface area contributed by atoms with E-state index in [1.54, 1.807) is 24.3 Å². The molecule has 0 aliphatic carbocycles. The van der Waals surface area contributed by atoms with Crippen LogP contribution in [-0.4, -0.2) is 78.7 Å². The number of guanidine groups is 1. The smallest absolute Gasteiger partial charge is 0.243 e. The second-order valence-electron chi connectivity index (χ2n) is 11.7. The molecule has 15 nitrogen and oxygen atoms in total. The van der Waals surface area contributed by atoms with E-state index in [1.807, 2.05) is 36.4 Å². The van der Waals surface area contributed by atoms with Crippen molar-refractivity contribution in [2.45, 2.75) is 83.0 Å². The lowest BCUT2D eigenvalue weighted by molar-refractivity contribution is -0.134. The number of unbranched alkanes of at least 4 members (excludes halogenated alkanes) is 1. The van der Waals surface area contributed by atoms with Crippen LogP contribution in [0.25, 0.3) is 0 Å². The van der Waals surface area contributed by atoms with E-state index in [0.717, 1.165) is 11.1 Å². The zero-order chi connectivity index (χ0) is 36.2. The van der Waals surface area contributed by atoms with E-state index in [9.17, 15) is 28.8 Å². The lowest BCUT2D eigenvalue weighted by Gasteiger charge is -2.26. The predicted octanol–water partition coefficient (Wildman–Crippen LogP) is -0.514. The van der Waals surface area contributed by atoms with Crippen molar-refractivity contribution >= 4 is 41.4 Å². The molecule has 0 aromatic heterocycles. The summed E-state index contributed by atoms with van der Waals surface area (Å²) in [6.45, 7) is 3.34. The first-order valence-electron chi connectivity index (χ1n) is 16.2. The van der Waals surface area contributed by atoms with Gasteiger partial charge in [-0.05, 0) is 43.2 Å². The molecule has 2 aromatic rings. The zero-order valence-corrected chi connectivity index (χ0v) is 28.1. The fourth-order valence-electron chi connectivity index (χ4n) is 5.00. The Labute approximate surface area is 286 Å². The van der Waals surface area contributed by atoms with Crippen LogP contribution in [0.5, 0.6) is 0 Å². The molecule has 2 rings (SSSR count). The Hall–Kier alpha value is -5.47. The van der Waals surface area contributed by atoms with E-state index in [2.05, 4.69) is 31.9 Å². The number of rotatable bonds is 21. The van der Waals surface area contributed by atoms with Crippen molar-refractivity contribution in [3.8, 4) is 0 Å². The third-order valence-electron chi connectivity index (χ3n) is 7.46. The molecule has 0 saturated heterocycles. The van der Waals surface area contributed by atoms with Crippen LogP contribution in [0.15, 0.2) is 60.7 Å². The van der Waals surface area contributed by atoms with Crippen molar-refractivity contribution < 1.29 is 28.8 Å². The SMILES string of the molecule is CC(=O)NCCCC[C@H](NC(=O)[C@H](Cc1ccccc1)NC(=O)[C@@H](CCCNC(=N)N)NC(=O)[C@H](Cc1ccccc1)NC(C)=O)C(N)=O. The topological polar surface area (TPSA) is 250 Å². The maximum Gasteiger partial charge on any atom is 0.243 e. The second kappa shape index (κ2) is 21.4. The molecule has 0 fully saturated rings. The van der Waals surface area contributed by atoms with E-state index in [1.165, 1.54) is 13.8 Å². The third kappa shape index (κ3) is 16.3. The first kappa shape index (κ1) is 39.7. The van der Waals surface area contributed by atoms with Gasteiger partial charge in [-0.3, -0.25) is 34.2 Å². The van der Waals surface area contributed by atoms with Crippen molar-refractivity contribution in [3.05, 3.63) is 71.8 Å². The Balaban J connectivity index is 2.27. The summed E-state index contributed by atoms with van der Waals surface area (Å²) in [4.78, 5) is 76.3. The molecule has 0 aliphatic heterocycles. The molecule has 0 bridgehead atoms. The average Bonchev–Trinajstić information content (AvgIpc) is 3.05. The molecule has 266 valence electrons. The highest BCUT2D eigenvalue weighted by Gasteiger charge is 2.31. The highest BCUT2D eigenvalue weighted by atomic mass is 16.2. The van der Waals surface area contributed by atoms with Gasteiger partial charge >= 0.3 is 0 Å². The first-order valence-corrected chi connectivity index (χ1v) is 16.2. The van der Waals surface area contributed by atoms with Gasteiger partial charge in [0.2, 0.25) is 35.4 Å². The van der Waals surface area contributed by atoms with Crippen LogP contribution in [0.1, 0.15) is 57.1 Å². The van der Waals surface area contributed by atoms with Crippen molar-refractivity contribution in [1.82, 2.24) is 31.9 Å². The summed E-state index contributed by atoms with van der Waals surface area (Å²) in [5.74, 6) is -3.52. The predicted molar refractivity (Wildman–Crippen MR) is 185 cm³/mol. The van der Waals surface area contributed by atoms with E-state index in [0.29, 0.717) is 25.8 Å². The van der Waals surface area contributed by atoms with Crippen molar-refractivity contribution in [1.29, 1.82) is 5.41 Å². The molecule has 49 heavy (non-hydrogen) atoms. The van der Waals surface area contributed by atoms with E-state index >= 15 is 0 Å². The quantitative estimate of drug-likeness (QED) is 0.0471.